The summed E-state index contributed by atoms with van der Waals surface area (Å²) in [7, 11) is 0. The average Bonchev–Trinajstić information content (AvgIpc) is 2.69. The van der Waals surface area contributed by atoms with Crippen molar-refractivity contribution < 1.29 is 9.90 Å². The van der Waals surface area contributed by atoms with Gasteiger partial charge in [0.1, 0.15) is 0 Å². The van der Waals surface area contributed by atoms with Crippen LogP contribution >= 0.6 is 0 Å². The molecule has 4 heteroatoms. The summed E-state index contributed by atoms with van der Waals surface area (Å²) in [6.07, 6.45) is 8.14. The summed E-state index contributed by atoms with van der Waals surface area (Å²) in [6.45, 7) is 2.54. The summed E-state index contributed by atoms with van der Waals surface area (Å²) < 4.78 is 0. The van der Waals surface area contributed by atoms with Gasteiger partial charge in [0, 0.05) is 30.9 Å². The predicted octanol–water partition coefficient (Wildman–Crippen LogP) is 3.68. The second-order valence-electron chi connectivity index (χ2n) is 7.69. The van der Waals surface area contributed by atoms with Crippen molar-refractivity contribution in [2.45, 2.75) is 50.7 Å². The summed E-state index contributed by atoms with van der Waals surface area (Å²) in [6, 6.07) is 12.0. The van der Waals surface area contributed by atoms with Crippen LogP contribution in [0.1, 0.15) is 53.6 Å². The molecule has 1 aromatic carbocycles. The van der Waals surface area contributed by atoms with Gasteiger partial charge in [0.05, 0.1) is 11.2 Å². The van der Waals surface area contributed by atoms with Crippen LogP contribution in [0.2, 0.25) is 0 Å². The molecule has 0 bridgehead atoms. The lowest BCUT2D eigenvalue weighted by atomic mass is 9.66. The second-order valence-corrected chi connectivity index (χ2v) is 7.69. The molecule has 2 fully saturated rings. The third-order valence-electron chi connectivity index (χ3n) is 6.28. The van der Waals surface area contributed by atoms with Gasteiger partial charge in [-0.15, -0.1) is 0 Å². The molecule has 136 valence electrons. The summed E-state index contributed by atoms with van der Waals surface area (Å²) >= 11 is 0. The Labute approximate surface area is 154 Å². The van der Waals surface area contributed by atoms with E-state index in [1.165, 1.54) is 0 Å². The van der Waals surface area contributed by atoms with Gasteiger partial charge in [0.15, 0.2) is 0 Å². The molecule has 4 rings (SSSR count). The topological polar surface area (TPSA) is 53.4 Å². The fraction of sp³-hybridized carbons (Fsp3) is 0.455. The van der Waals surface area contributed by atoms with E-state index in [0.717, 1.165) is 36.8 Å². The molecule has 4 nitrogen and oxygen atoms in total. The zero-order valence-corrected chi connectivity index (χ0v) is 15.3. The second kappa shape index (κ2) is 6.84. The molecule has 2 aliphatic rings. The quantitative estimate of drug-likeness (QED) is 0.899. The van der Waals surface area contributed by atoms with E-state index in [4.69, 9.17) is 0 Å². The van der Waals surface area contributed by atoms with Gasteiger partial charge in [-0.05, 0) is 43.4 Å². The van der Waals surface area contributed by atoms with Crippen LogP contribution in [0.5, 0.6) is 0 Å². The summed E-state index contributed by atoms with van der Waals surface area (Å²) in [5.41, 5.74) is 1.79. The Bertz CT molecular complexity index is 792. The first-order valence-electron chi connectivity index (χ1n) is 9.61. The van der Waals surface area contributed by atoms with Gasteiger partial charge < -0.3 is 10.0 Å². The molecule has 1 unspecified atom stereocenters. The lowest BCUT2D eigenvalue weighted by Crippen LogP contribution is -2.59. The molecule has 1 saturated carbocycles. The number of carbonyl (C=O) groups excluding carboxylic acids is 1. The van der Waals surface area contributed by atoms with E-state index in [1.807, 2.05) is 48.2 Å². The SMILES string of the molecule is Cc1ccncc1C(=O)N1CCC(O)(c2ccccc2)[C@@H]2CCCC[C@@H]21. The maximum Gasteiger partial charge on any atom is 0.255 e. The molecule has 2 aromatic rings. The molecule has 2 heterocycles. The van der Waals surface area contributed by atoms with Gasteiger partial charge >= 0.3 is 0 Å². The van der Waals surface area contributed by atoms with Crippen molar-refractivity contribution in [2.24, 2.45) is 5.92 Å². The van der Waals surface area contributed by atoms with Gasteiger partial charge in [-0.1, -0.05) is 43.2 Å². The number of aryl methyl sites for hydroxylation is 1. The Morgan fingerprint density at radius 3 is 2.73 bits per heavy atom. The number of nitrogens with zero attached hydrogens (tertiary/aromatic N) is 2. The number of amides is 1. The van der Waals surface area contributed by atoms with Crippen LogP contribution in [0.3, 0.4) is 0 Å². The van der Waals surface area contributed by atoms with Crippen molar-refractivity contribution in [3.8, 4) is 0 Å². The van der Waals surface area contributed by atoms with Crippen LogP contribution in [0.15, 0.2) is 48.8 Å². The minimum atomic E-state index is -0.840. The maximum atomic E-state index is 13.2. The predicted molar refractivity (Wildman–Crippen MR) is 101 cm³/mol. The molecule has 1 N–H and O–H groups in total. The molecular formula is C22H26N2O2. The Morgan fingerprint density at radius 1 is 1.19 bits per heavy atom. The van der Waals surface area contributed by atoms with E-state index in [0.29, 0.717) is 18.5 Å². The van der Waals surface area contributed by atoms with Crippen molar-refractivity contribution in [1.29, 1.82) is 0 Å². The number of hydrogen-bond acceptors (Lipinski definition) is 3. The van der Waals surface area contributed by atoms with Crippen LogP contribution in [0.4, 0.5) is 0 Å². The van der Waals surface area contributed by atoms with Crippen molar-refractivity contribution in [3.63, 3.8) is 0 Å². The summed E-state index contributed by atoms with van der Waals surface area (Å²) in [5.74, 6) is 0.149. The molecule has 1 aliphatic carbocycles. The van der Waals surface area contributed by atoms with E-state index >= 15 is 0 Å². The average molecular weight is 350 g/mol. The molecule has 1 aromatic heterocycles. The molecule has 1 saturated heterocycles. The van der Waals surface area contributed by atoms with Crippen molar-refractivity contribution in [2.75, 3.05) is 6.54 Å². The van der Waals surface area contributed by atoms with Crippen molar-refractivity contribution in [3.05, 3.63) is 65.5 Å². The van der Waals surface area contributed by atoms with E-state index < -0.39 is 5.60 Å². The lowest BCUT2D eigenvalue weighted by molar-refractivity contribution is -0.110. The van der Waals surface area contributed by atoms with Gasteiger partial charge in [0.2, 0.25) is 0 Å². The van der Waals surface area contributed by atoms with Gasteiger partial charge in [-0.3, -0.25) is 9.78 Å². The summed E-state index contributed by atoms with van der Waals surface area (Å²) in [4.78, 5) is 19.4. The Hall–Kier alpha value is -2.20. The fourth-order valence-corrected chi connectivity index (χ4v) is 4.86. The normalized spacial score (nSPS) is 28.5. The maximum absolute atomic E-state index is 13.2. The number of aromatic nitrogens is 1. The lowest BCUT2D eigenvalue weighted by Gasteiger charge is -2.52. The number of pyridine rings is 1. The number of aliphatic hydroxyl groups is 1. The number of piperidine rings is 1. The van der Waals surface area contributed by atoms with E-state index in [9.17, 15) is 9.90 Å². The number of likely N-dealkylation sites (tertiary alicyclic amines) is 1. The van der Waals surface area contributed by atoms with Crippen LogP contribution in [0, 0.1) is 12.8 Å². The van der Waals surface area contributed by atoms with Crippen molar-refractivity contribution in [1.82, 2.24) is 9.88 Å². The molecular weight excluding hydrogens is 324 g/mol. The van der Waals surface area contributed by atoms with Crippen LogP contribution < -0.4 is 0 Å². The molecule has 1 amide bonds. The number of rotatable bonds is 2. The highest BCUT2D eigenvalue weighted by molar-refractivity contribution is 5.95. The van der Waals surface area contributed by atoms with Gasteiger partial charge in [-0.2, -0.15) is 0 Å². The first kappa shape index (κ1) is 17.2. The standard InChI is InChI=1S/C22H26N2O2/c1-16-11-13-23-15-18(16)21(25)24-14-12-22(26,17-7-3-2-4-8-17)19-9-5-6-10-20(19)24/h2-4,7-8,11,13,15,19-20,26H,5-6,9-10,12,14H2,1H3/t19-,20+,22?/m1/s1. The first-order chi connectivity index (χ1) is 12.6. The number of carbonyl (C=O) groups is 1. The van der Waals surface area contributed by atoms with Crippen LogP contribution in [-0.4, -0.2) is 33.5 Å². The first-order valence-corrected chi connectivity index (χ1v) is 9.61. The Kier molecular flexibility index (Phi) is 4.53. The number of benzene rings is 1. The molecule has 1 aliphatic heterocycles. The van der Waals surface area contributed by atoms with E-state index in [1.54, 1.807) is 12.4 Å². The highest BCUT2D eigenvalue weighted by Crippen LogP contribution is 2.47. The fourth-order valence-electron chi connectivity index (χ4n) is 4.86. The van der Waals surface area contributed by atoms with Gasteiger partial charge in [0.25, 0.3) is 5.91 Å². The highest BCUT2D eigenvalue weighted by atomic mass is 16.3. The van der Waals surface area contributed by atoms with Crippen molar-refractivity contribution >= 4 is 5.91 Å². The molecule has 0 spiro atoms. The minimum absolute atomic E-state index is 0.0580. The molecule has 26 heavy (non-hydrogen) atoms. The van der Waals surface area contributed by atoms with Gasteiger partial charge in [-0.25, -0.2) is 0 Å². The molecule has 3 atom stereocenters. The third kappa shape index (κ3) is 2.82. The molecule has 0 radical (unpaired) electrons. The zero-order chi connectivity index (χ0) is 18.1. The highest BCUT2D eigenvalue weighted by Gasteiger charge is 2.50. The zero-order valence-electron chi connectivity index (χ0n) is 15.3. The largest absolute Gasteiger partial charge is 0.385 e. The Balaban J connectivity index is 1.67. The van der Waals surface area contributed by atoms with E-state index in [2.05, 4.69) is 4.98 Å². The number of fused-ring (bicyclic) bond motifs is 1. The van der Waals surface area contributed by atoms with E-state index in [-0.39, 0.29) is 17.9 Å². The van der Waals surface area contributed by atoms with Crippen LogP contribution in [0.25, 0.3) is 0 Å². The minimum Gasteiger partial charge on any atom is -0.385 e. The van der Waals surface area contributed by atoms with Crippen LogP contribution in [-0.2, 0) is 5.60 Å². The third-order valence-corrected chi connectivity index (χ3v) is 6.28. The monoisotopic (exact) mass is 350 g/mol. The smallest absolute Gasteiger partial charge is 0.255 e. The number of hydrogen-bond donors (Lipinski definition) is 1. The Morgan fingerprint density at radius 2 is 1.96 bits per heavy atom. The summed E-state index contributed by atoms with van der Waals surface area (Å²) in [5, 5.41) is 11.6.